The monoisotopic (exact) mass is 265 g/mol. The third-order valence-corrected chi connectivity index (χ3v) is 2.80. The number of benzene rings is 1. The largest absolute Gasteiger partial charge is 0.481 e. The minimum atomic E-state index is -1.11. The molecule has 1 unspecified atom stereocenters. The van der Waals surface area contributed by atoms with Crippen LogP contribution in [0, 0.1) is 5.92 Å². The highest BCUT2D eigenvalue weighted by molar-refractivity contribution is 5.96. The summed E-state index contributed by atoms with van der Waals surface area (Å²) in [6, 6.07) is 9.72. The van der Waals surface area contributed by atoms with E-state index in [2.05, 4.69) is 0 Å². The molecule has 0 bridgehead atoms. The van der Waals surface area contributed by atoms with Crippen molar-refractivity contribution in [1.82, 2.24) is 4.90 Å². The Kier molecular flexibility index (Phi) is 6.02. The minimum Gasteiger partial charge on any atom is -0.481 e. The zero-order valence-electron chi connectivity index (χ0n) is 11.2. The van der Waals surface area contributed by atoms with E-state index >= 15 is 0 Å². The van der Waals surface area contributed by atoms with Crippen LogP contribution in [0.25, 0.3) is 0 Å². The maximum Gasteiger partial charge on any atom is 0.315 e. The Morgan fingerprint density at radius 2 is 1.95 bits per heavy atom. The number of rotatable bonds is 7. The van der Waals surface area contributed by atoms with E-state index in [1.54, 1.807) is 7.05 Å². The number of carboxylic acid groups (broad SMARTS) is 1. The molecular formula is C14H19NO4. The number of likely N-dealkylation sites (N-methyl/N-ethyl adjacent to an activating group) is 1. The Bertz CT molecular complexity index is 419. The van der Waals surface area contributed by atoms with Gasteiger partial charge >= 0.3 is 5.97 Å². The number of nitrogens with zero attached hydrogens (tertiary/aromatic N) is 1. The fourth-order valence-electron chi connectivity index (χ4n) is 1.51. The lowest BCUT2D eigenvalue weighted by Gasteiger charge is -2.19. The van der Waals surface area contributed by atoms with Crippen molar-refractivity contribution in [3.63, 3.8) is 0 Å². The number of carboxylic acids is 1. The number of hydrogen-bond acceptors (Lipinski definition) is 3. The van der Waals surface area contributed by atoms with Crippen LogP contribution in [0.3, 0.4) is 0 Å². The van der Waals surface area contributed by atoms with Crippen LogP contribution < -0.4 is 0 Å². The zero-order valence-corrected chi connectivity index (χ0v) is 11.2. The second kappa shape index (κ2) is 7.53. The number of ether oxygens (including phenoxy) is 1. The molecule has 0 aliphatic carbocycles. The fraction of sp³-hybridized carbons (Fsp3) is 0.429. The number of carbonyl (C=O) groups is 2. The summed E-state index contributed by atoms with van der Waals surface area (Å²) in [7, 11) is 1.58. The quantitative estimate of drug-likeness (QED) is 0.597. The molecule has 0 spiro atoms. The van der Waals surface area contributed by atoms with Gasteiger partial charge in [0.25, 0.3) is 0 Å². The molecular weight excluding hydrogens is 246 g/mol. The van der Waals surface area contributed by atoms with Gasteiger partial charge in [-0.25, -0.2) is 0 Å². The first kappa shape index (κ1) is 15.2. The van der Waals surface area contributed by atoms with Crippen molar-refractivity contribution in [2.45, 2.75) is 13.5 Å². The van der Waals surface area contributed by atoms with Gasteiger partial charge in [0, 0.05) is 13.6 Å². The molecule has 0 radical (unpaired) electrons. The summed E-state index contributed by atoms with van der Waals surface area (Å²) in [5.74, 6) is -2.53. The summed E-state index contributed by atoms with van der Waals surface area (Å²) in [5, 5.41) is 8.74. The summed E-state index contributed by atoms with van der Waals surface area (Å²) < 4.78 is 5.44. The molecule has 104 valence electrons. The Hall–Kier alpha value is -1.88. The van der Waals surface area contributed by atoms with Gasteiger partial charge in [-0.15, -0.1) is 0 Å². The SMILES string of the molecule is CC(C(=O)O)C(=O)N(C)CCOCc1ccccc1. The van der Waals surface area contributed by atoms with Crippen LogP contribution in [0.2, 0.25) is 0 Å². The molecule has 0 aliphatic rings. The van der Waals surface area contributed by atoms with E-state index in [0.29, 0.717) is 19.8 Å². The maximum atomic E-state index is 11.6. The standard InChI is InChI=1S/C14H19NO4/c1-11(14(17)18)13(16)15(2)8-9-19-10-12-6-4-3-5-7-12/h3-7,11H,8-10H2,1-2H3,(H,17,18). The normalized spacial score (nSPS) is 11.9. The third-order valence-electron chi connectivity index (χ3n) is 2.80. The first-order chi connectivity index (χ1) is 9.02. The number of amides is 1. The Labute approximate surface area is 112 Å². The highest BCUT2D eigenvalue weighted by Crippen LogP contribution is 2.02. The van der Waals surface area contributed by atoms with Crippen molar-refractivity contribution in [3.8, 4) is 0 Å². The Morgan fingerprint density at radius 1 is 1.32 bits per heavy atom. The van der Waals surface area contributed by atoms with Gasteiger partial charge in [-0.1, -0.05) is 30.3 Å². The molecule has 1 N–H and O–H groups in total. The summed E-state index contributed by atoms with van der Waals surface area (Å²) in [5.41, 5.74) is 1.07. The molecule has 0 saturated carbocycles. The van der Waals surface area contributed by atoms with E-state index < -0.39 is 17.8 Å². The zero-order chi connectivity index (χ0) is 14.3. The number of hydrogen-bond donors (Lipinski definition) is 1. The van der Waals surface area contributed by atoms with Gasteiger partial charge in [0.1, 0.15) is 5.92 Å². The summed E-state index contributed by atoms with van der Waals surface area (Å²) in [6.45, 7) is 2.62. The van der Waals surface area contributed by atoms with Crippen molar-refractivity contribution < 1.29 is 19.4 Å². The Balaban J connectivity index is 2.25. The van der Waals surface area contributed by atoms with Crippen molar-refractivity contribution in [2.24, 2.45) is 5.92 Å². The lowest BCUT2D eigenvalue weighted by Crippen LogP contribution is -2.37. The molecule has 19 heavy (non-hydrogen) atoms. The van der Waals surface area contributed by atoms with Crippen molar-refractivity contribution in [2.75, 3.05) is 20.2 Å². The lowest BCUT2D eigenvalue weighted by molar-refractivity contribution is -0.150. The molecule has 5 nitrogen and oxygen atoms in total. The molecule has 5 heteroatoms. The molecule has 0 aliphatic heterocycles. The molecule has 1 aromatic rings. The van der Waals surface area contributed by atoms with E-state index in [1.807, 2.05) is 30.3 Å². The van der Waals surface area contributed by atoms with Gasteiger partial charge in [0.15, 0.2) is 0 Å². The van der Waals surface area contributed by atoms with Crippen LogP contribution in [0.5, 0.6) is 0 Å². The summed E-state index contributed by atoms with van der Waals surface area (Å²) in [4.78, 5) is 23.7. The van der Waals surface area contributed by atoms with Gasteiger partial charge in [0.2, 0.25) is 5.91 Å². The summed E-state index contributed by atoms with van der Waals surface area (Å²) >= 11 is 0. The van der Waals surface area contributed by atoms with E-state index in [0.717, 1.165) is 5.56 Å². The molecule has 1 atom stereocenters. The average Bonchev–Trinajstić information content (AvgIpc) is 2.42. The number of carbonyl (C=O) groups excluding carboxylic acids is 1. The van der Waals surface area contributed by atoms with Crippen LogP contribution >= 0.6 is 0 Å². The van der Waals surface area contributed by atoms with Crippen LogP contribution in [0.15, 0.2) is 30.3 Å². The molecule has 1 amide bonds. The van der Waals surface area contributed by atoms with E-state index in [4.69, 9.17) is 9.84 Å². The number of aliphatic carboxylic acids is 1. The van der Waals surface area contributed by atoms with Crippen LogP contribution in [0.4, 0.5) is 0 Å². The minimum absolute atomic E-state index is 0.378. The average molecular weight is 265 g/mol. The van der Waals surface area contributed by atoms with Crippen molar-refractivity contribution >= 4 is 11.9 Å². The van der Waals surface area contributed by atoms with Crippen LogP contribution in [0.1, 0.15) is 12.5 Å². The molecule has 0 aromatic heterocycles. The fourth-order valence-corrected chi connectivity index (χ4v) is 1.51. The first-order valence-electron chi connectivity index (χ1n) is 6.12. The molecule has 1 rings (SSSR count). The van der Waals surface area contributed by atoms with Crippen molar-refractivity contribution in [1.29, 1.82) is 0 Å². The molecule has 0 saturated heterocycles. The first-order valence-corrected chi connectivity index (χ1v) is 6.12. The lowest BCUT2D eigenvalue weighted by atomic mass is 10.1. The van der Waals surface area contributed by atoms with Gasteiger partial charge in [-0.3, -0.25) is 9.59 Å². The second-order valence-corrected chi connectivity index (χ2v) is 4.36. The van der Waals surface area contributed by atoms with Crippen LogP contribution in [-0.4, -0.2) is 42.1 Å². The highest BCUT2D eigenvalue weighted by atomic mass is 16.5. The Morgan fingerprint density at radius 3 is 2.53 bits per heavy atom. The topological polar surface area (TPSA) is 66.8 Å². The van der Waals surface area contributed by atoms with Crippen LogP contribution in [-0.2, 0) is 20.9 Å². The van der Waals surface area contributed by atoms with Gasteiger partial charge in [-0.05, 0) is 12.5 Å². The predicted octanol–water partition coefficient (Wildman–Crippen LogP) is 1.38. The molecule has 0 heterocycles. The maximum absolute atomic E-state index is 11.6. The van der Waals surface area contributed by atoms with Crippen molar-refractivity contribution in [3.05, 3.63) is 35.9 Å². The smallest absolute Gasteiger partial charge is 0.315 e. The second-order valence-electron chi connectivity index (χ2n) is 4.36. The molecule has 0 fully saturated rings. The van der Waals surface area contributed by atoms with Gasteiger partial charge in [0.05, 0.1) is 13.2 Å². The van der Waals surface area contributed by atoms with E-state index in [-0.39, 0.29) is 0 Å². The highest BCUT2D eigenvalue weighted by Gasteiger charge is 2.23. The van der Waals surface area contributed by atoms with Gasteiger partial charge in [-0.2, -0.15) is 0 Å². The molecule has 1 aromatic carbocycles. The third kappa shape index (κ3) is 5.09. The van der Waals surface area contributed by atoms with E-state index in [1.165, 1.54) is 11.8 Å². The summed E-state index contributed by atoms with van der Waals surface area (Å²) in [6.07, 6.45) is 0. The van der Waals surface area contributed by atoms with Gasteiger partial charge < -0.3 is 14.7 Å². The van der Waals surface area contributed by atoms with E-state index in [9.17, 15) is 9.59 Å². The predicted molar refractivity (Wildman–Crippen MR) is 70.5 cm³/mol.